The predicted octanol–water partition coefficient (Wildman–Crippen LogP) is 3.97. The van der Waals surface area contributed by atoms with Gasteiger partial charge in [0.1, 0.15) is 11.5 Å². The van der Waals surface area contributed by atoms with Crippen molar-refractivity contribution >= 4 is 22.5 Å². The molecule has 3 aromatic rings. The Morgan fingerprint density at radius 3 is 2.52 bits per heavy atom. The summed E-state index contributed by atoms with van der Waals surface area (Å²) in [5.74, 6) is -0.437. The Bertz CT molecular complexity index is 744. The summed E-state index contributed by atoms with van der Waals surface area (Å²) < 4.78 is 13.0. The number of halogens is 1. The van der Waals surface area contributed by atoms with E-state index in [0.717, 1.165) is 10.9 Å². The van der Waals surface area contributed by atoms with E-state index in [0.29, 0.717) is 17.9 Å². The van der Waals surface area contributed by atoms with Crippen LogP contribution in [0.1, 0.15) is 17.4 Å². The molecule has 106 valence electrons. The molecule has 4 heteroatoms. The van der Waals surface area contributed by atoms with Gasteiger partial charge < -0.3 is 9.88 Å². The molecule has 0 saturated carbocycles. The Labute approximate surface area is 122 Å². The first-order valence-corrected chi connectivity index (χ1v) is 6.84. The largest absolute Gasteiger partial charge is 0.351 e. The summed E-state index contributed by atoms with van der Waals surface area (Å²) >= 11 is 0. The fourth-order valence-corrected chi connectivity index (χ4v) is 2.40. The molecule has 0 bridgehead atoms. The van der Waals surface area contributed by atoms with Crippen LogP contribution in [0.4, 0.5) is 10.1 Å². The van der Waals surface area contributed by atoms with Crippen LogP contribution < -0.4 is 4.90 Å². The zero-order valence-corrected chi connectivity index (χ0v) is 11.6. The second-order valence-corrected chi connectivity index (χ2v) is 4.80. The molecule has 3 rings (SSSR count). The molecule has 1 amide bonds. The number of hydrogen-bond acceptors (Lipinski definition) is 1. The quantitative estimate of drug-likeness (QED) is 0.775. The van der Waals surface area contributed by atoms with Crippen molar-refractivity contribution in [1.82, 2.24) is 4.98 Å². The summed E-state index contributed by atoms with van der Waals surface area (Å²) in [6.45, 7) is 2.41. The average Bonchev–Trinajstić information content (AvgIpc) is 2.93. The van der Waals surface area contributed by atoms with E-state index in [-0.39, 0.29) is 11.7 Å². The number of nitrogens with zero attached hydrogens (tertiary/aromatic N) is 1. The Hall–Kier alpha value is -2.62. The lowest BCUT2D eigenvalue weighted by atomic mass is 10.2. The number of benzene rings is 2. The van der Waals surface area contributed by atoms with Crippen molar-refractivity contribution in [2.24, 2.45) is 0 Å². The number of anilines is 1. The van der Waals surface area contributed by atoms with Gasteiger partial charge in [0.15, 0.2) is 0 Å². The van der Waals surface area contributed by atoms with Crippen molar-refractivity contribution < 1.29 is 9.18 Å². The van der Waals surface area contributed by atoms with E-state index in [2.05, 4.69) is 4.98 Å². The first kappa shape index (κ1) is 13.4. The number of para-hydroxylation sites is 1. The van der Waals surface area contributed by atoms with Crippen LogP contribution in [0.5, 0.6) is 0 Å². The van der Waals surface area contributed by atoms with Gasteiger partial charge in [-0.15, -0.1) is 0 Å². The SMILES string of the molecule is CCN(C(=O)c1cc2ccccc2[nH]1)c1ccc(F)cc1. The van der Waals surface area contributed by atoms with Crippen molar-refractivity contribution in [3.8, 4) is 0 Å². The molecule has 21 heavy (non-hydrogen) atoms. The molecule has 2 aromatic carbocycles. The number of H-pyrrole nitrogens is 1. The molecule has 0 spiro atoms. The highest BCUT2D eigenvalue weighted by Gasteiger charge is 2.18. The number of aromatic nitrogens is 1. The second-order valence-electron chi connectivity index (χ2n) is 4.80. The summed E-state index contributed by atoms with van der Waals surface area (Å²) in [6.07, 6.45) is 0. The smallest absolute Gasteiger partial charge is 0.274 e. The van der Waals surface area contributed by atoms with Crippen LogP contribution in [0, 0.1) is 5.82 Å². The number of amides is 1. The topological polar surface area (TPSA) is 36.1 Å². The van der Waals surface area contributed by atoms with Gasteiger partial charge in [-0.05, 0) is 43.3 Å². The van der Waals surface area contributed by atoms with E-state index in [1.807, 2.05) is 37.3 Å². The number of nitrogens with one attached hydrogen (secondary N) is 1. The van der Waals surface area contributed by atoms with Crippen molar-refractivity contribution in [3.63, 3.8) is 0 Å². The zero-order chi connectivity index (χ0) is 14.8. The van der Waals surface area contributed by atoms with Gasteiger partial charge in [0.2, 0.25) is 0 Å². The summed E-state index contributed by atoms with van der Waals surface area (Å²) in [5.41, 5.74) is 2.14. The molecule has 0 aliphatic rings. The lowest BCUT2D eigenvalue weighted by Crippen LogP contribution is -2.30. The number of carbonyl (C=O) groups excluding carboxylic acids is 1. The molecule has 0 fully saturated rings. The first-order chi connectivity index (χ1) is 10.2. The van der Waals surface area contributed by atoms with E-state index < -0.39 is 0 Å². The van der Waals surface area contributed by atoms with Gasteiger partial charge in [0.05, 0.1) is 0 Å². The van der Waals surface area contributed by atoms with Crippen molar-refractivity contribution in [2.75, 3.05) is 11.4 Å². The van der Waals surface area contributed by atoms with Gasteiger partial charge in [0, 0.05) is 23.1 Å². The number of aromatic amines is 1. The standard InChI is InChI=1S/C17H15FN2O/c1-2-20(14-9-7-13(18)8-10-14)17(21)16-11-12-5-3-4-6-15(12)19-16/h3-11,19H,2H2,1H3. The molecular formula is C17H15FN2O. The fraction of sp³-hybridized carbons (Fsp3) is 0.118. The molecule has 0 aliphatic carbocycles. The van der Waals surface area contributed by atoms with Gasteiger partial charge >= 0.3 is 0 Å². The van der Waals surface area contributed by atoms with Crippen LogP contribution in [0.3, 0.4) is 0 Å². The second kappa shape index (κ2) is 5.40. The van der Waals surface area contributed by atoms with Crippen molar-refractivity contribution in [2.45, 2.75) is 6.92 Å². The Balaban J connectivity index is 1.96. The Kier molecular flexibility index (Phi) is 3.44. The molecular weight excluding hydrogens is 267 g/mol. The van der Waals surface area contributed by atoms with E-state index in [1.54, 1.807) is 17.0 Å². The van der Waals surface area contributed by atoms with Gasteiger partial charge in [-0.2, -0.15) is 0 Å². The van der Waals surface area contributed by atoms with E-state index in [9.17, 15) is 9.18 Å². The van der Waals surface area contributed by atoms with Crippen LogP contribution in [0.15, 0.2) is 54.6 Å². The zero-order valence-electron chi connectivity index (χ0n) is 11.6. The third-order valence-corrected chi connectivity index (χ3v) is 3.46. The summed E-state index contributed by atoms with van der Waals surface area (Å²) in [7, 11) is 0. The molecule has 3 nitrogen and oxygen atoms in total. The highest BCUT2D eigenvalue weighted by Crippen LogP contribution is 2.20. The van der Waals surface area contributed by atoms with E-state index in [4.69, 9.17) is 0 Å². The molecule has 1 heterocycles. The monoisotopic (exact) mass is 282 g/mol. The minimum absolute atomic E-state index is 0.125. The highest BCUT2D eigenvalue weighted by atomic mass is 19.1. The minimum Gasteiger partial charge on any atom is -0.351 e. The van der Waals surface area contributed by atoms with Crippen LogP contribution in [0.25, 0.3) is 10.9 Å². The molecule has 0 aliphatic heterocycles. The number of rotatable bonds is 3. The third-order valence-electron chi connectivity index (χ3n) is 3.46. The Morgan fingerprint density at radius 2 is 1.86 bits per heavy atom. The van der Waals surface area contributed by atoms with Crippen LogP contribution in [0.2, 0.25) is 0 Å². The molecule has 0 atom stereocenters. The maximum Gasteiger partial charge on any atom is 0.274 e. The van der Waals surface area contributed by atoms with Crippen molar-refractivity contribution in [1.29, 1.82) is 0 Å². The average molecular weight is 282 g/mol. The molecule has 0 radical (unpaired) electrons. The maximum atomic E-state index is 13.0. The van der Waals surface area contributed by atoms with Crippen molar-refractivity contribution in [3.05, 3.63) is 66.1 Å². The van der Waals surface area contributed by atoms with E-state index in [1.165, 1.54) is 12.1 Å². The van der Waals surface area contributed by atoms with E-state index >= 15 is 0 Å². The summed E-state index contributed by atoms with van der Waals surface area (Å²) in [5, 5.41) is 0.996. The van der Waals surface area contributed by atoms with Crippen LogP contribution in [-0.4, -0.2) is 17.4 Å². The summed E-state index contributed by atoms with van der Waals surface area (Å²) in [4.78, 5) is 17.4. The normalized spacial score (nSPS) is 10.8. The third kappa shape index (κ3) is 2.52. The fourth-order valence-electron chi connectivity index (χ4n) is 2.40. The minimum atomic E-state index is -0.312. The van der Waals surface area contributed by atoms with Gasteiger partial charge in [0.25, 0.3) is 5.91 Å². The highest BCUT2D eigenvalue weighted by molar-refractivity contribution is 6.07. The summed E-state index contributed by atoms with van der Waals surface area (Å²) in [6, 6.07) is 15.5. The van der Waals surface area contributed by atoms with Gasteiger partial charge in [-0.1, -0.05) is 18.2 Å². The number of hydrogen-bond donors (Lipinski definition) is 1. The molecule has 0 unspecified atom stereocenters. The molecule has 0 saturated heterocycles. The van der Waals surface area contributed by atoms with Gasteiger partial charge in [-0.3, -0.25) is 4.79 Å². The Morgan fingerprint density at radius 1 is 1.14 bits per heavy atom. The van der Waals surface area contributed by atoms with Gasteiger partial charge in [-0.25, -0.2) is 4.39 Å². The lowest BCUT2D eigenvalue weighted by molar-refractivity contribution is 0.0984. The number of fused-ring (bicyclic) bond motifs is 1. The van der Waals surface area contributed by atoms with Crippen LogP contribution >= 0.6 is 0 Å². The first-order valence-electron chi connectivity index (χ1n) is 6.84. The predicted molar refractivity (Wildman–Crippen MR) is 82.0 cm³/mol. The lowest BCUT2D eigenvalue weighted by Gasteiger charge is -2.20. The maximum absolute atomic E-state index is 13.0. The van der Waals surface area contributed by atoms with Crippen LogP contribution in [-0.2, 0) is 0 Å². The number of carbonyl (C=O) groups is 1. The molecule has 1 aromatic heterocycles. The molecule has 1 N–H and O–H groups in total.